The van der Waals surface area contributed by atoms with Gasteiger partial charge in [0.25, 0.3) is 0 Å². The van der Waals surface area contributed by atoms with Crippen LogP contribution in [0, 0.1) is 0 Å². The van der Waals surface area contributed by atoms with Gasteiger partial charge in [0, 0.05) is 32.4 Å². The van der Waals surface area contributed by atoms with Gasteiger partial charge in [-0.05, 0) is 18.9 Å². The van der Waals surface area contributed by atoms with Gasteiger partial charge in [-0.15, -0.1) is 0 Å². The normalized spacial score (nSPS) is 21.3. The maximum atomic E-state index is 11.6. The Kier molecular flexibility index (Phi) is 3.82. The topological polar surface area (TPSA) is 66.4 Å². The van der Waals surface area contributed by atoms with Crippen LogP contribution in [0.25, 0.3) is 0 Å². The minimum atomic E-state index is -3.13. The smallest absolute Gasteiger partial charge is 0.211 e. The van der Waals surface area contributed by atoms with Crippen molar-refractivity contribution in [1.29, 1.82) is 0 Å². The van der Waals surface area contributed by atoms with Crippen LogP contribution in [0.4, 0.5) is 5.82 Å². The molecule has 0 radical (unpaired) electrons. The molecular weight excluding hydrogens is 252 g/mol. The molecule has 0 amide bonds. The van der Waals surface area contributed by atoms with E-state index in [2.05, 4.69) is 14.9 Å². The molecule has 0 bridgehead atoms. The van der Waals surface area contributed by atoms with Crippen molar-refractivity contribution in [2.75, 3.05) is 31.3 Å². The van der Waals surface area contributed by atoms with Gasteiger partial charge < -0.3 is 4.90 Å². The maximum absolute atomic E-state index is 11.6. The Hall–Kier alpha value is -1.21. The van der Waals surface area contributed by atoms with Crippen molar-refractivity contribution in [3.05, 3.63) is 18.6 Å². The summed E-state index contributed by atoms with van der Waals surface area (Å²) in [5, 5.41) is 0. The third-order valence-electron chi connectivity index (χ3n) is 3.32. The third-order valence-corrected chi connectivity index (χ3v) is 4.67. The van der Waals surface area contributed by atoms with Crippen LogP contribution in [0.2, 0.25) is 0 Å². The van der Waals surface area contributed by atoms with Crippen LogP contribution < -0.4 is 4.90 Å². The molecule has 18 heavy (non-hydrogen) atoms. The van der Waals surface area contributed by atoms with E-state index in [1.165, 1.54) is 16.9 Å². The van der Waals surface area contributed by atoms with E-state index in [1.54, 1.807) is 13.2 Å². The molecule has 1 atom stereocenters. The van der Waals surface area contributed by atoms with E-state index in [0.29, 0.717) is 6.54 Å². The van der Waals surface area contributed by atoms with Gasteiger partial charge in [-0.1, -0.05) is 0 Å². The fourth-order valence-electron chi connectivity index (χ4n) is 2.20. The molecule has 1 saturated heterocycles. The van der Waals surface area contributed by atoms with Crippen LogP contribution in [0.1, 0.15) is 12.8 Å². The van der Waals surface area contributed by atoms with Crippen LogP contribution in [0.5, 0.6) is 0 Å². The average Bonchev–Trinajstić information content (AvgIpc) is 2.38. The Labute approximate surface area is 108 Å². The molecule has 7 heteroatoms. The van der Waals surface area contributed by atoms with Crippen molar-refractivity contribution in [3.8, 4) is 0 Å². The van der Waals surface area contributed by atoms with E-state index in [4.69, 9.17) is 0 Å². The quantitative estimate of drug-likeness (QED) is 0.792. The summed E-state index contributed by atoms with van der Waals surface area (Å²) in [6, 6.07) is 1.87. The average molecular weight is 270 g/mol. The molecule has 0 spiro atoms. The zero-order chi connectivity index (χ0) is 13.2. The molecule has 2 heterocycles. The highest BCUT2D eigenvalue weighted by atomic mass is 32.2. The SMILES string of the molecule is CN(C1CCCN(c2ccncn2)C1)S(C)(=O)=O. The van der Waals surface area contributed by atoms with Crippen LogP contribution in [-0.4, -0.2) is 55.1 Å². The first-order chi connectivity index (χ1) is 8.48. The van der Waals surface area contributed by atoms with E-state index < -0.39 is 10.0 Å². The minimum absolute atomic E-state index is 0.0173. The lowest BCUT2D eigenvalue weighted by Gasteiger charge is -2.37. The molecule has 0 N–H and O–H groups in total. The van der Waals surface area contributed by atoms with Gasteiger partial charge in [0.2, 0.25) is 10.0 Å². The summed E-state index contributed by atoms with van der Waals surface area (Å²) in [6.45, 7) is 1.59. The Morgan fingerprint density at radius 2 is 2.28 bits per heavy atom. The summed E-state index contributed by atoms with van der Waals surface area (Å²) in [5.74, 6) is 0.858. The Morgan fingerprint density at radius 3 is 2.89 bits per heavy atom. The lowest BCUT2D eigenvalue weighted by atomic mass is 10.1. The summed E-state index contributed by atoms with van der Waals surface area (Å²) in [5.41, 5.74) is 0. The molecule has 1 aliphatic heterocycles. The lowest BCUT2D eigenvalue weighted by Crippen LogP contribution is -2.48. The van der Waals surface area contributed by atoms with Crippen LogP contribution in [0.3, 0.4) is 0 Å². The Morgan fingerprint density at radius 1 is 1.50 bits per heavy atom. The second-order valence-corrected chi connectivity index (χ2v) is 6.63. The van der Waals surface area contributed by atoms with E-state index >= 15 is 0 Å². The summed E-state index contributed by atoms with van der Waals surface area (Å²) in [4.78, 5) is 10.2. The van der Waals surface area contributed by atoms with Crippen molar-refractivity contribution in [1.82, 2.24) is 14.3 Å². The first-order valence-electron chi connectivity index (χ1n) is 5.92. The second kappa shape index (κ2) is 5.19. The van der Waals surface area contributed by atoms with Crippen LogP contribution >= 0.6 is 0 Å². The molecule has 1 aromatic rings. The number of sulfonamides is 1. The molecule has 1 fully saturated rings. The van der Waals surface area contributed by atoms with Crippen molar-refractivity contribution >= 4 is 15.8 Å². The first kappa shape index (κ1) is 13.2. The zero-order valence-corrected chi connectivity index (χ0v) is 11.5. The predicted molar refractivity (Wildman–Crippen MR) is 69.9 cm³/mol. The number of hydrogen-bond donors (Lipinski definition) is 0. The first-order valence-corrected chi connectivity index (χ1v) is 7.77. The van der Waals surface area contributed by atoms with Gasteiger partial charge in [0.1, 0.15) is 12.1 Å². The number of anilines is 1. The molecular formula is C11H18N4O2S. The van der Waals surface area contributed by atoms with E-state index in [-0.39, 0.29) is 6.04 Å². The monoisotopic (exact) mass is 270 g/mol. The Bertz CT molecular complexity index is 491. The lowest BCUT2D eigenvalue weighted by molar-refractivity contribution is 0.321. The fourth-order valence-corrected chi connectivity index (χ4v) is 2.91. The van der Waals surface area contributed by atoms with Gasteiger partial charge in [0.15, 0.2) is 0 Å². The summed E-state index contributed by atoms with van der Waals surface area (Å²) >= 11 is 0. The number of piperidine rings is 1. The van der Waals surface area contributed by atoms with Crippen molar-refractivity contribution in [3.63, 3.8) is 0 Å². The van der Waals surface area contributed by atoms with Crippen molar-refractivity contribution in [2.45, 2.75) is 18.9 Å². The van der Waals surface area contributed by atoms with Crippen LogP contribution in [-0.2, 0) is 10.0 Å². The highest BCUT2D eigenvalue weighted by Crippen LogP contribution is 2.20. The molecule has 0 aliphatic carbocycles. The van der Waals surface area contributed by atoms with E-state index in [0.717, 1.165) is 25.2 Å². The van der Waals surface area contributed by atoms with Gasteiger partial charge in [-0.25, -0.2) is 22.7 Å². The van der Waals surface area contributed by atoms with Crippen molar-refractivity contribution in [2.24, 2.45) is 0 Å². The predicted octanol–water partition coefficient (Wildman–Crippen LogP) is 0.337. The van der Waals surface area contributed by atoms with Crippen LogP contribution in [0.15, 0.2) is 18.6 Å². The fraction of sp³-hybridized carbons (Fsp3) is 0.636. The van der Waals surface area contributed by atoms with Gasteiger partial charge in [-0.2, -0.15) is 0 Å². The number of aromatic nitrogens is 2. The molecule has 0 aromatic carbocycles. The van der Waals surface area contributed by atoms with Gasteiger partial charge in [0.05, 0.1) is 6.26 Å². The molecule has 100 valence electrons. The van der Waals surface area contributed by atoms with Crippen molar-refractivity contribution < 1.29 is 8.42 Å². The van der Waals surface area contributed by atoms with Gasteiger partial charge >= 0.3 is 0 Å². The minimum Gasteiger partial charge on any atom is -0.355 e. The van der Waals surface area contributed by atoms with E-state index in [1.807, 2.05) is 6.07 Å². The summed E-state index contributed by atoms with van der Waals surface area (Å²) in [6.07, 6.45) is 6.32. The second-order valence-electron chi connectivity index (χ2n) is 4.59. The number of likely N-dealkylation sites (N-methyl/N-ethyl adjacent to an activating group) is 1. The molecule has 1 unspecified atom stereocenters. The number of hydrogen-bond acceptors (Lipinski definition) is 5. The molecule has 6 nitrogen and oxygen atoms in total. The molecule has 1 aromatic heterocycles. The maximum Gasteiger partial charge on any atom is 0.211 e. The summed E-state index contributed by atoms with van der Waals surface area (Å²) < 4.78 is 24.6. The Balaban J connectivity index is 2.10. The number of nitrogens with zero attached hydrogens (tertiary/aromatic N) is 4. The molecule has 2 rings (SSSR count). The third kappa shape index (κ3) is 2.97. The zero-order valence-electron chi connectivity index (χ0n) is 10.7. The highest BCUT2D eigenvalue weighted by Gasteiger charge is 2.28. The molecule has 0 saturated carbocycles. The highest BCUT2D eigenvalue weighted by molar-refractivity contribution is 7.88. The molecule has 1 aliphatic rings. The van der Waals surface area contributed by atoms with E-state index in [9.17, 15) is 8.42 Å². The number of rotatable bonds is 3. The summed E-state index contributed by atoms with van der Waals surface area (Å²) in [7, 11) is -1.49. The standard InChI is InChI=1S/C11H18N4O2S/c1-14(18(2,16)17)10-4-3-7-15(8-10)11-5-6-12-9-13-11/h5-6,9-10H,3-4,7-8H2,1-2H3. The van der Waals surface area contributed by atoms with Gasteiger partial charge in [-0.3, -0.25) is 0 Å². The largest absolute Gasteiger partial charge is 0.355 e.